The fourth-order valence-corrected chi connectivity index (χ4v) is 1.59. The van der Waals surface area contributed by atoms with E-state index in [0.29, 0.717) is 5.56 Å². The van der Waals surface area contributed by atoms with Crippen LogP contribution in [0, 0.1) is 18.3 Å². The Bertz CT molecular complexity index is 521. The predicted octanol–water partition coefficient (Wildman–Crippen LogP) is 2.20. The number of nitrogens with zero attached hydrogens (tertiary/aromatic N) is 2. The fraction of sp³-hybridized carbons (Fsp3) is 0.143. The first-order valence-corrected chi connectivity index (χ1v) is 5.23. The first-order chi connectivity index (χ1) is 7.78. The maximum atomic E-state index is 8.81. The van der Waals surface area contributed by atoms with Gasteiger partial charge in [0.05, 0.1) is 11.6 Å². The molecule has 0 atom stereocenters. The van der Waals surface area contributed by atoms with Crippen LogP contribution < -0.4 is 4.57 Å². The van der Waals surface area contributed by atoms with Crippen LogP contribution in [0.3, 0.4) is 0 Å². The zero-order valence-corrected chi connectivity index (χ0v) is 9.22. The van der Waals surface area contributed by atoms with Crippen molar-refractivity contribution in [2.75, 3.05) is 0 Å². The average molecular weight is 209 g/mol. The van der Waals surface area contributed by atoms with Crippen molar-refractivity contribution in [3.8, 4) is 6.07 Å². The summed E-state index contributed by atoms with van der Waals surface area (Å²) in [7, 11) is 0. The fourth-order valence-electron chi connectivity index (χ4n) is 1.59. The molecular formula is C14H13N2+. The molecule has 2 rings (SSSR count). The van der Waals surface area contributed by atoms with Gasteiger partial charge in [-0.1, -0.05) is 12.1 Å². The van der Waals surface area contributed by atoms with Gasteiger partial charge >= 0.3 is 0 Å². The molecule has 0 bridgehead atoms. The molecule has 0 unspecified atom stereocenters. The summed E-state index contributed by atoms with van der Waals surface area (Å²) in [6.45, 7) is 2.87. The second-order valence-electron chi connectivity index (χ2n) is 3.86. The number of hydrogen-bond donors (Lipinski definition) is 0. The molecular weight excluding hydrogens is 196 g/mol. The molecule has 16 heavy (non-hydrogen) atoms. The number of aromatic nitrogens is 1. The quantitative estimate of drug-likeness (QED) is 0.697. The van der Waals surface area contributed by atoms with E-state index in [1.54, 1.807) is 0 Å². The smallest absolute Gasteiger partial charge is 0.173 e. The lowest BCUT2D eigenvalue weighted by Gasteiger charge is -1.98. The predicted molar refractivity (Wildman–Crippen MR) is 61.6 cm³/mol. The Hall–Kier alpha value is -2.14. The van der Waals surface area contributed by atoms with Crippen molar-refractivity contribution < 1.29 is 4.57 Å². The zero-order chi connectivity index (χ0) is 11.4. The van der Waals surface area contributed by atoms with Crippen molar-refractivity contribution in [2.45, 2.75) is 13.5 Å². The highest BCUT2D eigenvalue weighted by atomic mass is 14.9. The number of benzene rings is 1. The van der Waals surface area contributed by atoms with Crippen molar-refractivity contribution in [3.05, 3.63) is 65.5 Å². The van der Waals surface area contributed by atoms with Crippen molar-refractivity contribution in [1.29, 1.82) is 5.26 Å². The third kappa shape index (κ3) is 2.46. The molecule has 2 heteroatoms. The Morgan fingerprint density at radius 3 is 2.62 bits per heavy atom. The van der Waals surface area contributed by atoms with Crippen molar-refractivity contribution in [1.82, 2.24) is 0 Å². The second-order valence-corrected chi connectivity index (χ2v) is 3.86. The minimum absolute atomic E-state index is 0.713. The van der Waals surface area contributed by atoms with Crippen LogP contribution in [0.1, 0.15) is 16.7 Å². The van der Waals surface area contributed by atoms with Gasteiger partial charge in [-0.05, 0) is 24.6 Å². The molecule has 0 fully saturated rings. The van der Waals surface area contributed by atoms with Gasteiger partial charge in [-0.25, -0.2) is 4.57 Å². The Morgan fingerprint density at radius 1 is 1.19 bits per heavy atom. The third-order valence-corrected chi connectivity index (χ3v) is 2.48. The van der Waals surface area contributed by atoms with Crippen LogP contribution >= 0.6 is 0 Å². The number of nitriles is 1. The molecule has 78 valence electrons. The molecule has 0 spiro atoms. The summed E-state index contributed by atoms with van der Waals surface area (Å²) < 4.78 is 2.10. The van der Waals surface area contributed by atoms with Crippen LogP contribution in [-0.4, -0.2) is 0 Å². The summed E-state index contributed by atoms with van der Waals surface area (Å²) in [5.41, 5.74) is 3.11. The third-order valence-electron chi connectivity index (χ3n) is 2.48. The van der Waals surface area contributed by atoms with Crippen LogP contribution in [0.5, 0.6) is 0 Å². The monoisotopic (exact) mass is 209 g/mol. The molecule has 2 aromatic rings. The van der Waals surface area contributed by atoms with Crippen LogP contribution in [0.25, 0.3) is 0 Å². The minimum atomic E-state index is 0.713. The highest BCUT2D eigenvalue weighted by Gasteiger charge is 2.02. The van der Waals surface area contributed by atoms with Gasteiger partial charge < -0.3 is 0 Å². The van der Waals surface area contributed by atoms with Crippen molar-refractivity contribution in [2.24, 2.45) is 0 Å². The first-order valence-electron chi connectivity index (χ1n) is 5.23. The van der Waals surface area contributed by atoms with Gasteiger partial charge in [0.15, 0.2) is 18.9 Å². The Morgan fingerprint density at radius 2 is 1.94 bits per heavy atom. The maximum absolute atomic E-state index is 8.81. The van der Waals surface area contributed by atoms with E-state index in [-0.39, 0.29) is 0 Å². The average Bonchev–Trinajstić information content (AvgIpc) is 2.32. The van der Waals surface area contributed by atoms with Crippen LogP contribution in [-0.2, 0) is 6.54 Å². The number of rotatable bonds is 2. The summed E-state index contributed by atoms with van der Waals surface area (Å²) in [6.07, 6.45) is 4.10. The summed E-state index contributed by atoms with van der Waals surface area (Å²) in [5.74, 6) is 0. The molecule has 0 radical (unpaired) electrons. The van der Waals surface area contributed by atoms with E-state index in [1.807, 2.05) is 36.7 Å². The van der Waals surface area contributed by atoms with E-state index in [4.69, 9.17) is 5.26 Å². The molecule has 0 saturated heterocycles. The summed E-state index contributed by atoms with van der Waals surface area (Å²) in [5, 5.41) is 8.81. The van der Waals surface area contributed by atoms with Gasteiger partial charge in [0.2, 0.25) is 0 Å². The topological polar surface area (TPSA) is 27.7 Å². The first kappa shape index (κ1) is 10.4. The van der Waals surface area contributed by atoms with Crippen LogP contribution in [0.4, 0.5) is 0 Å². The molecule has 0 aliphatic carbocycles. The molecule has 0 saturated carbocycles. The van der Waals surface area contributed by atoms with E-state index in [1.165, 1.54) is 5.56 Å². The van der Waals surface area contributed by atoms with Gasteiger partial charge in [-0.3, -0.25) is 0 Å². The number of aryl methyl sites for hydroxylation is 1. The number of pyridine rings is 1. The van der Waals surface area contributed by atoms with Crippen LogP contribution in [0.15, 0.2) is 48.8 Å². The summed E-state index contributed by atoms with van der Waals surface area (Å²) >= 11 is 0. The lowest BCUT2D eigenvalue weighted by Crippen LogP contribution is -2.33. The van der Waals surface area contributed by atoms with Gasteiger partial charge in [0.1, 0.15) is 0 Å². The second kappa shape index (κ2) is 4.59. The Kier molecular flexibility index (Phi) is 2.98. The molecule has 0 N–H and O–H groups in total. The van der Waals surface area contributed by atoms with Crippen molar-refractivity contribution in [3.63, 3.8) is 0 Å². The molecule has 2 nitrogen and oxygen atoms in total. The Labute approximate surface area is 95.4 Å². The molecule has 1 heterocycles. The van der Waals surface area contributed by atoms with Gasteiger partial charge in [-0.15, -0.1) is 0 Å². The van der Waals surface area contributed by atoms with Crippen molar-refractivity contribution >= 4 is 0 Å². The highest BCUT2D eigenvalue weighted by molar-refractivity contribution is 5.32. The van der Waals surface area contributed by atoms with E-state index in [9.17, 15) is 0 Å². The molecule has 0 aliphatic rings. The molecule has 1 aromatic carbocycles. The molecule has 0 amide bonds. The lowest BCUT2D eigenvalue weighted by atomic mass is 10.1. The normalized spacial score (nSPS) is 9.75. The lowest BCUT2D eigenvalue weighted by molar-refractivity contribution is -0.688. The Balaban J connectivity index is 2.21. The van der Waals surface area contributed by atoms with Gasteiger partial charge in [-0.2, -0.15) is 5.26 Å². The maximum Gasteiger partial charge on any atom is 0.173 e. The molecule has 1 aromatic heterocycles. The van der Waals surface area contributed by atoms with E-state index in [2.05, 4.69) is 29.7 Å². The highest BCUT2D eigenvalue weighted by Crippen LogP contribution is 2.03. The molecule has 0 aliphatic heterocycles. The minimum Gasteiger partial charge on any atom is -0.201 e. The van der Waals surface area contributed by atoms with Gasteiger partial charge in [0, 0.05) is 17.7 Å². The van der Waals surface area contributed by atoms with E-state index >= 15 is 0 Å². The number of hydrogen-bond acceptors (Lipinski definition) is 1. The van der Waals surface area contributed by atoms with E-state index < -0.39 is 0 Å². The summed E-state index contributed by atoms with van der Waals surface area (Å²) in [6, 6.07) is 14.0. The standard InChI is InChI=1S/C14H13N2/c1-12-5-7-16(8-6-12)11-14-4-2-3-13(9-14)10-15/h2-9H,11H2,1H3/q+1. The SMILES string of the molecule is Cc1cc[n+](Cc2cccc(C#N)c2)cc1. The van der Waals surface area contributed by atoms with Gasteiger partial charge in [0.25, 0.3) is 0 Å². The zero-order valence-electron chi connectivity index (χ0n) is 9.22. The summed E-state index contributed by atoms with van der Waals surface area (Å²) in [4.78, 5) is 0. The van der Waals surface area contributed by atoms with E-state index in [0.717, 1.165) is 12.1 Å². The van der Waals surface area contributed by atoms with Crippen LogP contribution in [0.2, 0.25) is 0 Å². The largest absolute Gasteiger partial charge is 0.201 e.